The Hall–Kier alpha value is -2.55. The second-order valence-corrected chi connectivity index (χ2v) is 6.90. The third-order valence-corrected chi connectivity index (χ3v) is 4.03. The van der Waals surface area contributed by atoms with Gasteiger partial charge in [-0.05, 0) is 37.6 Å². The van der Waals surface area contributed by atoms with Gasteiger partial charge < -0.3 is 10.1 Å². The van der Waals surface area contributed by atoms with E-state index < -0.39 is 0 Å². The average Bonchev–Trinajstić information content (AvgIpc) is 2.61. The van der Waals surface area contributed by atoms with E-state index in [1.54, 1.807) is 0 Å². The minimum absolute atomic E-state index is 0. The molecule has 0 amide bonds. The van der Waals surface area contributed by atoms with Crippen molar-refractivity contribution in [1.82, 2.24) is 4.98 Å². The normalized spacial score (nSPS) is 10.4. The molecule has 0 bridgehead atoms. The summed E-state index contributed by atoms with van der Waals surface area (Å²) in [6, 6.07) is 20.2. The number of rotatable bonds is 3. The zero-order chi connectivity index (χ0) is 20.7. The fourth-order valence-corrected chi connectivity index (χ4v) is 2.95. The van der Waals surface area contributed by atoms with Crippen LogP contribution in [0.2, 0.25) is 0 Å². The summed E-state index contributed by atoms with van der Waals surface area (Å²) < 4.78 is 0. The molecule has 153 valence electrons. The molecule has 3 nitrogen and oxygen atoms in total. The van der Waals surface area contributed by atoms with Crippen molar-refractivity contribution in [3.63, 3.8) is 0 Å². The first-order valence-corrected chi connectivity index (χ1v) is 9.17. The Balaban J connectivity index is 0.000000456. The number of hydrogen-bond acceptors (Lipinski definition) is 3. The molecule has 0 saturated carbocycles. The largest absolute Gasteiger partial charge is 0.512 e. The molecule has 1 radical (unpaired) electrons. The van der Waals surface area contributed by atoms with Gasteiger partial charge >= 0.3 is 0 Å². The van der Waals surface area contributed by atoms with Crippen LogP contribution in [0.25, 0.3) is 22.4 Å². The minimum atomic E-state index is -0.125. The number of benzene rings is 2. The average molecular weight is 565 g/mol. The summed E-state index contributed by atoms with van der Waals surface area (Å²) in [5.41, 5.74) is 8.07. The molecule has 0 spiro atoms. The monoisotopic (exact) mass is 565 g/mol. The zero-order valence-electron chi connectivity index (χ0n) is 17.4. The molecular weight excluding hydrogens is 538 g/mol. The molecule has 3 aromatic rings. The van der Waals surface area contributed by atoms with E-state index >= 15 is 0 Å². The van der Waals surface area contributed by atoms with Crippen LogP contribution in [-0.2, 0) is 24.9 Å². The molecule has 0 atom stereocenters. The van der Waals surface area contributed by atoms with Gasteiger partial charge in [-0.15, -0.1) is 34.9 Å². The standard InChI is InChI=1S/C20H18N.C5H8O2.Ir/c1-14-9-15(2)11-18(10-14)20-12-16(3)19(13-21-20)17-7-5-4-6-8-17;1-4(6)3-5(2)7;/h4-10,12-13H,1-3H3;3,6H,1-2H3;/q-1;;/b;4-3-;. The van der Waals surface area contributed by atoms with Gasteiger partial charge in [0, 0.05) is 37.9 Å². The Morgan fingerprint density at radius 2 is 1.69 bits per heavy atom. The first-order chi connectivity index (χ1) is 13.3. The van der Waals surface area contributed by atoms with E-state index in [-0.39, 0.29) is 31.6 Å². The summed E-state index contributed by atoms with van der Waals surface area (Å²) in [4.78, 5) is 14.7. The molecule has 0 unspecified atom stereocenters. The number of nitrogens with zero attached hydrogens (tertiary/aromatic N) is 1. The molecule has 4 heteroatoms. The van der Waals surface area contributed by atoms with E-state index in [2.05, 4.69) is 74.3 Å². The summed E-state index contributed by atoms with van der Waals surface area (Å²) in [5.74, 6) is -0.0625. The van der Waals surface area contributed by atoms with Crippen molar-refractivity contribution in [2.45, 2.75) is 34.6 Å². The Bertz CT molecular complexity index is 971. The fourth-order valence-electron chi connectivity index (χ4n) is 2.95. The number of aromatic nitrogens is 1. The van der Waals surface area contributed by atoms with E-state index in [0.717, 1.165) is 16.8 Å². The molecule has 1 N–H and O–H groups in total. The van der Waals surface area contributed by atoms with Crippen LogP contribution in [-0.4, -0.2) is 15.9 Å². The predicted octanol–water partition coefficient (Wildman–Crippen LogP) is 6.18. The van der Waals surface area contributed by atoms with Crippen molar-refractivity contribution in [2.24, 2.45) is 0 Å². The van der Waals surface area contributed by atoms with Crippen LogP contribution in [0, 0.1) is 26.8 Å². The van der Waals surface area contributed by atoms with Gasteiger partial charge in [-0.2, -0.15) is 0 Å². The maximum atomic E-state index is 10.0. The molecule has 1 heterocycles. The van der Waals surface area contributed by atoms with Crippen molar-refractivity contribution in [1.29, 1.82) is 0 Å². The predicted molar refractivity (Wildman–Crippen MR) is 115 cm³/mol. The zero-order valence-corrected chi connectivity index (χ0v) is 19.8. The summed E-state index contributed by atoms with van der Waals surface area (Å²) in [5, 5.41) is 8.36. The summed E-state index contributed by atoms with van der Waals surface area (Å²) in [6.07, 6.45) is 3.13. The summed E-state index contributed by atoms with van der Waals surface area (Å²) in [6.45, 7) is 9.16. The number of allylic oxidation sites excluding steroid dienone is 2. The van der Waals surface area contributed by atoms with Gasteiger partial charge in [0.1, 0.15) is 0 Å². The first-order valence-electron chi connectivity index (χ1n) is 9.17. The summed E-state index contributed by atoms with van der Waals surface area (Å²) in [7, 11) is 0. The van der Waals surface area contributed by atoms with E-state index in [4.69, 9.17) is 5.11 Å². The van der Waals surface area contributed by atoms with E-state index in [0.29, 0.717) is 0 Å². The Morgan fingerprint density at radius 3 is 2.17 bits per heavy atom. The maximum absolute atomic E-state index is 10.0. The van der Waals surface area contributed by atoms with Crippen LogP contribution in [0.4, 0.5) is 0 Å². The van der Waals surface area contributed by atoms with E-state index in [1.165, 1.54) is 42.2 Å². The van der Waals surface area contributed by atoms with Crippen LogP contribution in [0.15, 0.2) is 66.6 Å². The van der Waals surface area contributed by atoms with Gasteiger partial charge in [0.05, 0.1) is 5.76 Å². The molecule has 0 fully saturated rings. The third-order valence-electron chi connectivity index (χ3n) is 4.03. The molecule has 1 aromatic heterocycles. The van der Waals surface area contributed by atoms with Gasteiger partial charge in [0.2, 0.25) is 0 Å². The quantitative estimate of drug-likeness (QED) is 0.235. The Kier molecular flexibility index (Phi) is 9.67. The molecule has 3 rings (SSSR count). The molecule has 0 aliphatic carbocycles. The number of pyridine rings is 1. The number of carbonyl (C=O) groups is 1. The van der Waals surface area contributed by atoms with Gasteiger partial charge in [-0.25, -0.2) is 0 Å². The van der Waals surface area contributed by atoms with E-state index in [9.17, 15) is 4.79 Å². The SMILES string of the molecule is CC(=O)/C=C(/C)O.Cc1[c-]c(-c2cc(C)c(-c3ccccc3)cn2)cc(C)c1.[Ir]. The van der Waals surface area contributed by atoms with Crippen molar-refractivity contribution < 1.29 is 30.0 Å². The molecular formula is C25H26IrNO2-. The van der Waals surface area contributed by atoms with Crippen LogP contribution < -0.4 is 0 Å². The van der Waals surface area contributed by atoms with Crippen molar-refractivity contribution in [3.05, 3.63) is 89.3 Å². The smallest absolute Gasteiger partial charge is 0.155 e. The summed E-state index contributed by atoms with van der Waals surface area (Å²) >= 11 is 0. The van der Waals surface area contributed by atoms with Crippen molar-refractivity contribution >= 4 is 5.78 Å². The van der Waals surface area contributed by atoms with Crippen LogP contribution in [0.5, 0.6) is 0 Å². The second kappa shape index (κ2) is 11.5. The van der Waals surface area contributed by atoms with E-state index in [1.807, 2.05) is 12.3 Å². The number of hydrogen-bond donors (Lipinski definition) is 1. The first kappa shape index (κ1) is 24.5. The maximum Gasteiger partial charge on any atom is 0.155 e. The molecule has 0 aliphatic heterocycles. The van der Waals surface area contributed by atoms with Crippen LogP contribution >= 0.6 is 0 Å². The number of aliphatic hydroxyl groups is 1. The fraction of sp³-hybridized carbons (Fsp3) is 0.200. The van der Waals surface area contributed by atoms with Crippen LogP contribution in [0.1, 0.15) is 30.5 Å². The molecule has 29 heavy (non-hydrogen) atoms. The Morgan fingerprint density at radius 1 is 1.03 bits per heavy atom. The van der Waals surface area contributed by atoms with Crippen molar-refractivity contribution in [2.75, 3.05) is 0 Å². The minimum Gasteiger partial charge on any atom is -0.512 e. The molecule has 0 saturated heterocycles. The Labute approximate surface area is 186 Å². The van der Waals surface area contributed by atoms with Crippen LogP contribution in [0.3, 0.4) is 0 Å². The molecule has 2 aromatic carbocycles. The second-order valence-electron chi connectivity index (χ2n) is 6.90. The number of carbonyl (C=O) groups excluding carboxylic acids is 1. The molecule has 0 aliphatic rings. The number of aliphatic hydroxyl groups excluding tert-OH is 1. The van der Waals surface area contributed by atoms with Crippen molar-refractivity contribution in [3.8, 4) is 22.4 Å². The van der Waals surface area contributed by atoms with Gasteiger partial charge in [0.15, 0.2) is 5.78 Å². The van der Waals surface area contributed by atoms with Gasteiger partial charge in [-0.3, -0.25) is 4.79 Å². The van der Waals surface area contributed by atoms with Gasteiger partial charge in [0.25, 0.3) is 0 Å². The number of aryl methyl sites for hydroxylation is 3. The van der Waals surface area contributed by atoms with Gasteiger partial charge in [-0.1, -0.05) is 50.2 Å². The topological polar surface area (TPSA) is 50.2 Å². The number of ketones is 1. The third kappa shape index (κ3) is 7.77.